The Kier molecular flexibility index (Phi) is 2.86. The van der Waals surface area contributed by atoms with Gasteiger partial charge in [-0.05, 0) is 0 Å². The van der Waals surface area contributed by atoms with Crippen LogP contribution in [-0.4, -0.2) is 23.9 Å². The highest BCUT2D eigenvalue weighted by atomic mass is 16.3. The van der Waals surface area contributed by atoms with Crippen molar-refractivity contribution in [2.45, 2.75) is 12.2 Å². The highest BCUT2D eigenvalue weighted by Crippen LogP contribution is 1.71. The van der Waals surface area contributed by atoms with Crippen molar-refractivity contribution in [1.29, 1.82) is 0 Å². The molecule has 7 N–H and O–H groups in total. The van der Waals surface area contributed by atoms with E-state index < -0.39 is 12.2 Å². The number of hydrogen-bond acceptors (Lipinski definition) is 4. The monoisotopic (exact) mass is 105 g/mol. The van der Waals surface area contributed by atoms with E-state index in [1.165, 1.54) is 0 Å². The Morgan fingerprint density at radius 3 is 1.71 bits per heavy atom. The standard InChI is InChI=1S/C3H11N3O/c4-2(1-7)3(5)6/h2-3,7H,1,4-6H2. The third kappa shape index (κ3) is 2.52. The fourth-order valence-electron chi connectivity index (χ4n) is 0.122. The molecule has 0 bridgehead atoms. The van der Waals surface area contributed by atoms with E-state index >= 15 is 0 Å². The Labute approximate surface area is 42.3 Å². The van der Waals surface area contributed by atoms with Gasteiger partial charge in [-0.3, -0.25) is 0 Å². The quantitative estimate of drug-likeness (QED) is 0.293. The van der Waals surface area contributed by atoms with E-state index in [0.29, 0.717) is 0 Å². The summed E-state index contributed by atoms with van der Waals surface area (Å²) in [6.07, 6.45) is -0.606. The molecule has 1 unspecified atom stereocenters. The van der Waals surface area contributed by atoms with Gasteiger partial charge in [0.25, 0.3) is 0 Å². The molecule has 0 aromatic rings. The van der Waals surface area contributed by atoms with Gasteiger partial charge in [-0.1, -0.05) is 0 Å². The van der Waals surface area contributed by atoms with Crippen LogP contribution in [-0.2, 0) is 0 Å². The molecule has 0 spiro atoms. The molecule has 1 atom stereocenters. The summed E-state index contributed by atoms with van der Waals surface area (Å²) in [6, 6.07) is -0.486. The van der Waals surface area contributed by atoms with Gasteiger partial charge in [0.1, 0.15) is 0 Å². The molecule has 0 aliphatic carbocycles. The third-order valence-electron chi connectivity index (χ3n) is 0.705. The summed E-state index contributed by atoms with van der Waals surface area (Å²) in [5, 5.41) is 8.22. The lowest BCUT2D eigenvalue weighted by atomic mass is 10.3. The van der Waals surface area contributed by atoms with Gasteiger partial charge in [-0.2, -0.15) is 0 Å². The SMILES string of the molecule is NC(N)C(N)CO. The molecule has 0 amide bonds. The zero-order valence-corrected chi connectivity index (χ0v) is 4.04. The minimum absolute atomic E-state index is 0.155. The van der Waals surface area contributed by atoms with Crippen molar-refractivity contribution in [3.63, 3.8) is 0 Å². The van der Waals surface area contributed by atoms with E-state index in [4.69, 9.17) is 22.3 Å². The smallest absolute Gasteiger partial charge is 0.0700 e. The van der Waals surface area contributed by atoms with Crippen molar-refractivity contribution in [2.24, 2.45) is 17.2 Å². The second kappa shape index (κ2) is 2.92. The van der Waals surface area contributed by atoms with Crippen molar-refractivity contribution >= 4 is 0 Å². The van der Waals surface area contributed by atoms with E-state index in [1.54, 1.807) is 0 Å². The van der Waals surface area contributed by atoms with Crippen molar-refractivity contribution in [2.75, 3.05) is 6.61 Å². The Hall–Kier alpha value is -0.160. The van der Waals surface area contributed by atoms with Gasteiger partial charge >= 0.3 is 0 Å². The summed E-state index contributed by atoms with van der Waals surface area (Å²) >= 11 is 0. The van der Waals surface area contributed by atoms with Crippen molar-refractivity contribution in [3.8, 4) is 0 Å². The number of aliphatic hydroxyl groups excluding tert-OH is 1. The van der Waals surface area contributed by atoms with Crippen LogP contribution in [0.25, 0.3) is 0 Å². The van der Waals surface area contributed by atoms with E-state index in [0.717, 1.165) is 0 Å². The van der Waals surface area contributed by atoms with Crippen LogP contribution >= 0.6 is 0 Å². The molecule has 0 saturated carbocycles. The van der Waals surface area contributed by atoms with Gasteiger partial charge in [0.15, 0.2) is 0 Å². The first-order valence-electron chi connectivity index (χ1n) is 2.06. The molecule has 44 valence electrons. The number of rotatable bonds is 2. The molecule has 0 aliphatic heterocycles. The van der Waals surface area contributed by atoms with E-state index in [2.05, 4.69) is 0 Å². The molecule has 0 rings (SSSR count). The van der Waals surface area contributed by atoms with Crippen LogP contribution in [0.3, 0.4) is 0 Å². The highest BCUT2D eigenvalue weighted by molar-refractivity contribution is 4.67. The van der Waals surface area contributed by atoms with Gasteiger partial charge in [0.05, 0.1) is 18.8 Å². The molecule has 7 heavy (non-hydrogen) atoms. The second-order valence-electron chi connectivity index (χ2n) is 1.42. The molecule has 0 aromatic carbocycles. The van der Waals surface area contributed by atoms with Gasteiger partial charge < -0.3 is 22.3 Å². The fraction of sp³-hybridized carbons (Fsp3) is 1.00. The Bertz CT molecular complexity index is 47.4. The van der Waals surface area contributed by atoms with Crippen LogP contribution in [0.4, 0.5) is 0 Å². The summed E-state index contributed by atoms with van der Waals surface area (Å²) in [6.45, 7) is -0.155. The van der Waals surface area contributed by atoms with Crippen LogP contribution in [0, 0.1) is 0 Å². The Balaban J connectivity index is 3.14. The fourth-order valence-corrected chi connectivity index (χ4v) is 0.122. The number of hydrogen-bond donors (Lipinski definition) is 4. The molecular weight excluding hydrogens is 94.1 g/mol. The van der Waals surface area contributed by atoms with Crippen molar-refractivity contribution in [3.05, 3.63) is 0 Å². The molecule has 0 aromatic heterocycles. The summed E-state index contributed by atoms with van der Waals surface area (Å²) in [5.74, 6) is 0. The van der Waals surface area contributed by atoms with E-state index in [-0.39, 0.29) is 6.61 Å². The molecular formula is C3H11N3O. The van der Waals surface area contributed by atoms with Crippen LogP contribution in [0.2, 0.25) is 0 Å². The van der Waals surface area contributed by atoms with Crippen molar-refractivity contribution < 1.29 is 5.11 Å². The number of nitrogens with two attached hydrogens (primary N) is 3. The lowest BCUT2D eigenvalue weighted by molar-refractivity contribution is 0.250. The predicted molar refractivity (Wildman–Crippen MR) is 27.2 cm³/mol. The van der Waals surface area contributed by atoms with E-state index in [9.17, 15) is 0 Å². The average molecular weight is 105 g/mol. The Morgan fingerprint density at radius 1 is 1.29 bits per heavy atom. The van der Waals surface area contributed by atoms with Gasteiger partial charge in [-0.25, -0.2) is 0 Å². The zero-order valence-electron chi connectivity index (χ0n) is 4.04. The van der Waals surface area contributed by atoms with Gasteiger partial charge in [0, 0.05) is 0 Å². The summed E-state index contributed by atoms with van der Waals surface area (Å²) < 4.78 is 0. The molecule has 0 saturated heterocycles. The topological polar surface area (TPSA) is 98.3 Å². The molecule has 0 fully saturated rings. The third-order valence-corrected chi connectivity index (χ3v) is 0.705. The molecule has 4 nitrogen and oxygen atoms in total. The van der Waals surface area contributed by atoms with Crippen LogP contribution in [0.15, 0.2) is 0 Å². The van der Waals surface area contributed by atoms with Crippen molar-refractivity contribution in [1.82, 2.24) is 0 Å². The summed E-state index contributed by atoms with van der Waals surface area (Å²) in [5.41, 5.74) is 15.2. The zero-order chi connectivity index (χ0) is 5.86. The molecule has 0 aliphatic rings. The first-order chi connectivity index (χ1) is 3.18. The first-order valence-corrected chi connectivity index (χ1v) is 2.06. The van der Waals surface area contributed by atoms with Crippen LogP contribution < -0.4 is 17.2 Å². The van der Waals surface area contributed by atoms with E-state index in [1.807, 2.05) is 0 Å². The molecule has 0 heterocycles. The minimum Gasteiger partial charge on any atom is -0.395 e. The number of aliphatic hydroxyl groups is 1. The highest BCUT2D eigenvalue weighted by Gasteiger charge is 2.03. The first kappa shape index (κ1) is 6.84. The van der Waals surface area contributed by atoms with Gasteiger partial charge in [-0.15, -0.1) is 0 Å². The summed E-state index contributed by atoms with van der Waals surface area (Å²) in [4.78, 5) is 0. The molecule has 4 heteroatoms. The second-order valence-corrected chi connectivity index (χ2v) is 1.42. The lowest BCUT2D eigenvalue weighted by Crippen LogP contribution is -2.49. The van der Waals surface area contributed by atoms with Gasteiger partial charge in [0.2, 0.25) is 0 Å². The van der Waals surface area contributed by atoms with Crippen LogP contribution in [0.5, 0.6) is 0 Å². The van der Waals surface area contributed by atoms with Crippen LogP contribution in [0.1, 0.15) is 0 Å². The lowest BCUT2D eigenvalue weighted by Gasteiger charge is -2.10. The normalized spacial score (nSPS) is 15.0. The largest absolute Gasteiger partial charge is 0.395 e. The average Bonchev–Trinajstić information content (AvgIpc) is 1.65. The predicted octanol–water partition coefficient (Wildman–Crippen LogP) is -2.45. The maximum Gasteiger partial charge on any atom is 0.0700 e. The Morgan fingerprint density at radius 2 is 1.71 bits per heavy atom. The molecule has 0 radical (unpaired) electrons. The summed E-state index contributed by atoms with van der Waals surface area (Å²) in [7, 11) is 0. The maximum absolute atomic E-state index is 8.22. The minimum atomic E-state index is -0.606. The maximum atomic E-state index is 8.22.